The first-order valence-electron chi connectivity index (χ1n) is 5.68. The van der Waals surface area contributed by atoms with Gasteiger partial charge < -0.3 is 5.32 Å². The van der Waals surface area contributed by atoms with Crippen LogP contribution in [0.5, 0.6) is 0 Å². The zero-order valence-electron chi connectivity index (χ0n) is 9.95. The third-order valence-corrected chi connectivity index (χ3v) is 2.74. The average Bonchev–Trinajstić information content (AvgIpc) is 2.40. The van der Waals surface area contributed by atoms with E-state index in [9.17, 15) is 4.39 Å². The first kappa shape index (κ1) is 12.9. The maximum Gasteiger partial charge on any atom is 0.159 e. The molecule has 5 heteroatoms. The van der Waals surface area contributed by atoms with Gasteiger partial charge in [0.05, 0.1) is 10.7 Å². The Morgan fingerprint density at radius 1 is 1.33 bits per heavy atom. The molecular formula is C13H13ClFN3. The molecule has 0 atom stereocenters. The van der Waals surface area contributed by atoms with Crippen molar-refractivity contribution in [3.63, 3.8) is 0 Å². The van der Waals surface area contributed by atoms with Crippen LogP contribution in [0, 0.1) is 5.82 Å². The van der Waals surface area contributed by atoms with Gasteiger partial charge in [-0.2, -0.15) is 0 Å². The number of nitrogens with one attached hydrogen (secondary N) is 1. The van der Waals surface area contributed by atoms with Crippen molar-refractivity contribution in [3.8, 4) is 11.4 Å². The molecule has 1 N–H and O–H groups in total. The van der Waals surface area contributed by atoms with Gasteiger partial charge in [0.15, 0.2) is 5.82 Å². The van der Waals surface area contributed by atoms with E-state index in [2.05, 4.69) is 15.3 Å². The number of aromatic nitrogens is 2. The second kappa shape index (κ2) is 5.89. The third kappa shape index (κ3) is 3.03. The molecular weight excluding hydrogens is 253 g/mol. The second-order valence-electron chi connectivity index (χ2n) is 3.78. The molecule has 0 saturated heterocycles. The van der Waals surface area contributed by atoms with Crippen LogP contribution in [0.3, 0.4) is 0 Å². The van der Waals surface area contributed by atoms with Crippen LogP contribution in [0.4, 0.5) is 4.39 Å². The van der Waals surface area contributed by atoms with Gasteiger partial charge in [-0.25, -0.2) is 14.4 Å². The van der Waals surface area contributed by atoms with Crippen LogP contribution in [-0.2, 0) is 6.54 Å². The third-order valence-electron chi connectivity index (χ3n) is 2.45. The highest BCUT2D eigenvalue weighted by Crippen LogP contribution is 2.22. The molecule has 2 aromatic rings. The molecule has 94 valence electrons. The van der Waals surface area contributed by atoms with Crippen LogP contribution in [0.25, 0.3) is 11.4 Å². The van der Waals surface area contributed by atoms with Crippen molar-refractivity contribution in [1.82, 2.24) is 15.3 Å². The summed E-state index contributed by atoms with van der Waals surface area (Å²) in [4.78, 5) is 8.57. The molecule has 1 aromatic heterocycles. The Hall–Kier alpha value is -1.52. The van der Waals surface area contributed by atoms with E-state index in [1.807, 2.05) is 13.0 Å². The lowest BCUT2D eigenvalue weighted by Crippen LogP contribution is -2.13. The van der Waals surface area contributed by atoms with E-state index in [0.29, 0.717) is 17.9 Å². The summed E-state index contributed by atoms with van der Waals surface area (Å²) in [6.45, 7) is 3.59. The van der Waals surface area contributed by atoms with Crippen LogP contribution in [0.15, 0.2) is 30.5 Å². The summed E-state index contributed by atoms with van der Waals surface area (Å²) in [5, 5.41) is 3.26. The van der Waals surface area contributed by atoms with Crippen LogP contribution in [0.2, 0.25) is 5.02 Å². The van der Waals surface area contributed by atoms with Gasteiger partial charge in [-0.1, -0.05) is 18.5 Å². The number of hydrogen-bond donors (Lipinski definition) is 1. The average molecular weight is 266 g/mol. The Bertz CT molecular complexity index is 546. The molecule has 0 aliphatic heterocycles. The molecule has 1 heterocycles. The largest absolute Gasteiger partial charge is 0.311 e. The molecule has 0 aliphatic carbocycles. The monoisotopic (exact) mass is 265 g/mol. The van der Waals surface area contributed by atoms with Crippen LogP contribution < -0.4 is 5.32 Å². The molecule has 0 bridgehead atoms. The lowest BCUT2D eigenvalue weighted by molar-refractivity contribution is 0.628. The van der Waals surface area contributed by atoms with Gasteiger partial charge >= 0.3 is 0 Å². The molecule has 0 aliphatic rings. The van der Waals surface area contributed by atoms with Crippen LogP contribution in [-0.4, -0.2) is 16.5 Å². The van der Waals surface area contributed by atoms with E-state index in [4.69, 9.17) is 11.6 Å². The predicted octanol–water partition coefficient (Wildman–Crippen LogP) is 3.05. The quantitative estimate of drug-likeness (QED) is 0.923. The summed E-state index contributed by atoms with van der Waals surface area (Å²) in [5.74, 6) is 0.108. The first-order valence-corrected chi connectivity index (χ1v) is 6.06. The van der Waals surface area contributed by atoms with Gasteiger partial charge in [0.1, 0.15) is 5.82 Å². The van der Waals surface area contributed by atoms with Crippen molar-refractivity contribution >= 4 is 11.6 Å². The molecule has 18 heavy (non-hydrogen) atoms. The number of rotatable bonds is 4. The molecule has 2 rings (SSSR count). The highest BCUT2D eigenvalue weighted by molar-refractivity contribution is 6.31. The number of hydrogen-bond acceptors (Lipinski definition) is 3. The summed E-state index contributed by atoms with van der Waals surface area (Å²) < 4.78 is 13.1. The van der Waals surface area contributed by atoms with Crippen molar-refractivity contribution in [1.29, 1.82) is 0 Å². The second-order valence-corrected chi connectivity index (χ2v) is 4.19. The Balaban J connectivity index is 2.29. The van der Waals surface area contributed by atoms with Crippen molar-refractivity contribution in [2.24, 2.45) is 0 Å². The Labute approximate surface area is 110 Å². The van der Waals surface area contributed by atoms with Gasteiger partial charge in [-0.3, -0.25) is 0 Å². The lowest BCUT2D eigenvalue weighted by Gasteiger charge is -2.05. The highest BCUT2D eigenvalue weighted by Gasteiger charge is 2.06. The number of nitrogens with zero attached hydrogens (tertiary/aromatic N) is 2. The Morgan fingerprint density at radius 3 is 2.89 bits per heavy atom. The fraction of sp³-hybridized carbons (Fsp3) is 0.231. The summed E-state index contributed by atoms with van der Waals surface area (Å²) >= 11 is 5.74. The van der Waals surface area contributed by atoms with E-state index >= 15 is 0 Å². The van der Waals surface area contributed by atoms with Crippen molar-refractivity contribution in [2.45, 2.75) is 13.5 Å². The zero-order valence-corrected chi connectivity index (χ0v) is 10.7. The standard InChI is InChI=1S/C13H13ClFN3/c1-2-16-8-10-5-6-17-13(18-10)9-3-4-12(15)11(14)7-9/h3-7,16H,2,8H2,1H3. The van der Waals surface area contributed by atoms with Crippen molar-refractivity contribution in [3.05, 3.63) is 47.0 Å². The molecule has 3 nitrogen and oxygen atoms in total. The fourth-order valence-electron chi connectivity index (χ4n) is 1.52. The van der Waals surface area contributed by atoms with Gasteiger partial charge in [0.25, 0.3) is 0 Å². The molecule has 0 amide bonds. The smallest absolute Gasteiger partial charge is 0.159 e. The maximum absolute atomic E-state index is 13.1. The van der Waals surface area contributed by atoms with Gasteiger partial charge in [0, 0.05) is 18.3 Å². The fourth-order valence-corrected chi connectivity index (χ4v) is 1.70. The minimum Gasteiger partial charge on any atom is -0.311 e. The normalized spacial score (nSPS) is 10.6. The Morgan fingerprint density at radius 2 is 2.17 bits per heavy atom. The summed E-state index contributed by atoms with van der Waals surface area (Å²) in [6.07, 6.45) is 1.69. The van der Waals surface area contributed by atoms with Gasteiger partial charge in [0.2, 0.25) is 0 Å². The number of halogens is 2. The Kier molecular flexibility index (Phi) is 4.23. The van der Waals surface area contributed by atoms with Crippen molar-refractivity contribution in [2.75, 3.05) is 6.54 Å². The lowest BCUT2D eigenvalue weighted by atomic mass is 10.2. The number of benzene rings is 1. The molecule has 0 unspecified atom stereocenters. The highest BCUT2D eigenvalue weighted by atomic mass is 35.5. The molecule has 0 radical (unpaired) electrons. The summed E-state index contributed by atoms with van der Waals surface area (Å²) in [5.41, 5.74) is 1.60. The zero-order chi connectivity index (χ0) is 13.0. The first-order chi connectivity index (χ1) is 8.70. The van der Waals surface area contributed by atoms with Crippen molar-refractivity contribution < 1.29 is 4.39 Å². The SMILES string of the molecule is CCNCc1ccnc(-c2ccc(F)c(Cl)c2)n1. The van der Waals surface area contributed by atoms with E-state index < -0.39 is 5.82 Å². The summed E-state index contributed by atoms with van der Waals surface area (Å²) in [6, 6.07) is 6.31. The molecule has 0 saturated carbocycles. The van der Waals surface area contributed by atoms with Gasteiger partial charge in [-0.05, 0) is 30.8 Å². The summed E-state index contributed by atoms with van der Waals surface area (Å²) in [7, 11) is 0. The molecule has 1 aromatic carbocycles. The predicted molar refractivity (Wildman–Crippen MR) is 69.8 cm³/mol. The molecule has 0 spiro atoms. The van der Waals surface area contributed by atoms with E-state index in [0.717, 1.165) is 12.2 Å². The van der Waals surface area contributed by atoms with E-state index in [1.54, 1.807) is 12.3 Å². The maximum atomic E-state index is 13.1. The minimum absolute atomic E-state index is 0.0770. The van der Waals surface area contributed by atoms with Gasteiger partial charge in [-0.15, -0.1) is 0 Å². The van der Waals surface area contributed by atoms with E-state index in [1.165, 1.54) is 12.1 Å². The minimum atomic E-state index is -0.441. The topological polar surface area (TPSA) is 37.8 Å². The van der Waals surface area contributed by atoms with Crippen LogP contribution >= 0.6 is 11.6 Å². The van der Waals surface area contributed by atoms with Crippen LogP contribution in [0.1, 0.15) is 12.6 Å². The van der Waals surface area contributed by atoms with E-state index in [-0.39, 0.29) is 5.02 Å². The molecule has 0 fully saturated rings.